The molecule has 0 radical (unpaired) electrons. The number of rotatable bonds is 3. The van der Waals surface area contributed by atoms with Crippen LogP contribution in [-0.4, -0.2) is 29.8 Å². The fourth-order valence-corrected chi connectivity index (χ4v) is 2.93. The van der Waals surface area contributed by atoms with Crippen molar-refractivity contribution in [2.45, 2.75) is 32.0 Å². The molecule has 1 aliphatic rings. The van der Waals surface area contributed by atoms with Gasteiger partial charge < -0.3 is 4.74 Å². The molecule has 0 bridgehead atoms. The maximum Gasteiger partial charge on any atom is 0.416 e. The molecule has 2 atom stereocenters. The number of halogens is 3. The van der Waals surface area contributed by atoms with E-state index in [2.05, 4.69) is 9.73 Å². The molecule has 0 fully saturated rings. The van der Waals surface area contributed by atoms with Gasteiger partial charge in [0.1, 0.15) is 0 Å². The molecule has 2 unspecified atom stereocenters. The highest BCUT2D eigenvalue weighted by Crippen LogP contribution is 2.39. The Labute approximate surface area is 141 Å². The molecule has 0 amide bonds. The molecule has 1 aromatic carbocycles. The summed E-state index contributed by atoms with van der Waals surface area (Å²) in [6.07, 6.45) is -4.61. The Kier molecular flexibility index (Phi) is 4.96. The smallest absolute Gasteiger partial charge is 0.416 e. The van der Waals surface area contributed by atoms with Gasteiger partial charge in [0.25, 0.3) is 6.04 Å². The van der Waals surface area contributed by atoms with Gasteiger partial charge in [-0.1, -0.05) is 18.2 Å². The first-order valence-electron chi connectivity index (χ1n) is 7.22. The number of esters is 1. The molecule has 1 aliphatic heterocycles. The second-order valence-corrected chi connectivity index (χ2v) is 5.57. The van der Waals surface area contributed by atoms with Crippen LogP contribution >= 0.6 is 0 Å². The van der Waals surface area contributed by atoms with E-state index >= 15 is 0 Å². The predicted molar refractivity (Wildman–Crippen MR) is 82.8 cm³/mol. The van der Waals surface area contributed by atoms with E-state index < -0.39 is 34.6 Å². The van der Waals surface area contributed by atoms with Crippen LogP contribution in [0.5, 0.6) is 0 Å². The summed E-state index contributed by atoms with van der Waals surface area (Å²) in [5, 5.41) is 11.5. The minimum atomic E-state index is -4.61. The zero-order valence-corrected chi connectivity index (χ0v) is 13.6. The van der Waals surface area contributed by atoms with Crippen molar-refractivity contribution in [1.29, 1.82) is 0 Å². The second kappa shape index (κ2) is 6.66. The lowest BCUT2D eigenvalue weighted by Crippen LogP contribution is -2.40. The summed E-state index contributed by atoms with van der Waals surface area (Å²) in [4.78, 5) is 27.0. The van der Waals surface area contributed by atoms with Crippen LogP contribution in [-0.2, 0) is 15.7 Å². The van der Waals surface area contributed by atoms with Gasteiger partial charge in [0.05, 0.1) is 29.9 Å². The second-order valence-electron chi connectivity index (χ2n) is 5.57. The molecule has 0 spiro atoms. The van der Waals surface area contributed by atoms with Gasteiger partial charge in [0.15, 0.2) is 0 Å². The first-order chi connectivity index (χ1) is 11.6. The third kappa shape index (κ3) is 3.54. The summed E-state index contributed by atoms with van der Waals surface area (Å²) in [5.41, 5.74) is -0.767. The van der Waals surface area contributed by atoms with Gasteiger partial charge in [-0.05, 0) is 25.5 Å². The van der Waals surface area contributed by atoms with Crippen molar-refractivity contribution in [1.82, 2.24) is 0 Å². The van der Waals surface area contributed by atoms with Crippen molar-refractivity contribution in [2.24, 2.45) is 4.99 Å². The molecule has 0 saturated heterocycles. The molecule has 9 heteroatoms. The lowest BCUT2D eigenvalue weighted by Gasteiger charge is -2.27. The molecule has 25 heavy (non-hydrogen) atoms. The fourth-order valence-electron chi connectivity index (χ4n) is 2.93. The number of carbonyl (C=O) groups is 1. The Balaban J connectivity index is 2.70. The topological polar surface area (TPSA) is 81.8 Å². The molecule has 0 aliphatic carbocycles. The summed E-state index contributed by atoms with van der Waals surface area (Å²) in [7, 11) is 1.10. The molecule has 0 N–H and O–H groups in total. The number of nitrogens with zero attached hydrogens (tertiary/aromatic N) is 2. The highest BCUT2D eigenvalue weighted by Gasteiger charge is 2.45. The summed E-state index contributed by atoms with van der Waals surface area (Å²) >= 11 is 0. The van der Waals surface area contributed by atoms with E-state index in [1.807, 2.05) is 0 Å². The van der Waals surface area contributed by atoms with E-state index in [-0.39, 0.29) is 22.5 Å². The zero-order chi connectivity index (χ0) is 18.9. The number of methoxy groups -OCH3 is 1. The first-order valence-corrected chi connectivity index (χ1v) is 7.22. The van der Waals surface area contributed by atoms with E-state index in [4.69, 9.17) is 0 Å². The highest BCUT2D eigenvalue weighted by atomic mass is 19.4. The van der Waals surface area contributed by atoms with E-state index in [1.165, 1.54) is 19.9 Å². The van der Waals surface area contributed by atoms with Gasteiger partial charge in [-0.2, -0.15) is 13.2 Å². The Morgan fingerprint density at radius 1 is 1.32 bits per heavy atom. The van der Waals surface area contributed by atoms with Gasteiger partial charge in [0, 0.05) is 10.6 Å². The van der Waals surface area contributed by atoms with Gasteiger partial charge in [-0.25, -0.2) is 4.79 Å². The fraction of sp³-hybridized carbons (Fsp3) is 0.375. The molecular weight excluding hydrogens is 341 g/mol. The van der Waals surface area contributed by atoms with E-state index in [1.54, 1.807) is 0 Å². The van der Waals surface area contributed by atoms with Crippen LogP contribution in [0.2, 0.25) is 0 Å². The average Bonchev–Trinajstić information content (AvgIpc) is 2.52. The number of ether oxygens (including phenoxy) is 1. The van der Waals surface area contributed by atoms with Crippen LogP contribution in [0, 0.1) is 10.1 Å². The molecule has 0 saturated carbocycles. The quantitative estimate of drug-likeness (QED) is 0.472. The van der Waals surface area contributed by atoms with Crippen molar-refractivity contribution < 1.29 is 27.6 Å². The van der Waals surface area contributed by atoms with Crippen LogP contribution < -0.4 is 0 Å². The summed E-state index contributed by atoms with van der Waals surface area (Å²) in [6, 6.07) is 2.70. The molecular formula is C16H15F3N2O4. The Morgan fingerprint density at radius 3 is 2.48 bits per heavy atom. The van der Waals surface area contributed by atoms with Crippen LogP contribution in [0.3, 0.4) is 0 Å². The van der Waals surface area contributed by atoms with Gasteiger partial charge in [-0.15, -0.1) is 0 Å². The average molecular weight is 356 g/mol. The molecule has 1 aromatic rings. The van der Waals surface area contributed by atoms with E-state index in [9.17, 15) is 28.1 Å². The molecule has 2 rings (SSSR count). The number of hydrogen-bond acceptors (Lipinski definition) is 5. The lowest BCUT2D eigenvalue weighted by atomic mass is 9.80. The zero-order valence-electron chi connectivity index (χ0n) is 13.6. The number of allylic oxidation sites excluding steroid dienone is 1. The number of alkyl halides is 3. The summed E-state index contributed by atoms with van der Waals surface area (Å²) in [5.74, 6) is -2.08. The SMILES string of the molecule is COC(=O)C1=C(C)N=C(C)C([N+](=O)[O-])C1c1cccc(C(F)(F)F)c1. The number of carbonyl (C=O) groups excluding carboxylic acids is 1. The Bertz CT molecular complexity index is 784. The van der Waals surface area contributed by atoms with Gasteiger partial charge in [0.2, 0.25) is 0 Å². The largest absolute Gasteiger partial charge is 0.466 e. The number of hydrogen-bond donors (Lipinski definition) is 0. The summed E-state index contributed by atoms with van der Waals surface area (Å²) in [6.45, 7) is 2.87. The van der Waals surface area contributed by atoms with E-state index in [0.717, 1.165) is 25.3 Å². The molecule has 6 nitrogen and oxygen atoms in total. The maximum absolute atomic E-state index is 13.0. The van der Waals surface area contributed by atoms with Crippen LogP contribution in [0.1, 0.15) is 30.9 Å². The van der Waals surface area contributed by atoms with Crippen molar-refractivity contribution in [3.05, 3.63) is 56.8 Å². The highest BCUT2D eigenvalue weighted by molar-refractivity contribution is 5.98. The predicted octanol–water partition coefficient (Wildman–Crippen LogP) is 3.36. The van der Waals surface area contributed by atoms with Crippen molar-refractivity contribution in [2.75, 3.05) is 7.11 Å². The van der Waals surface area contributed by atoms with E-state index in [0.29, 0.717) is 0 Å². The third-order valence-corrected chi connectivity index (χ3v) is 3.99. The van der Waals surface area contributed by atoms with Gasteiger partial charge in [-0.3, -0.25) is 15.1 Å². The van der Waals surface area contributed by atoms with Crippen molar-refractivity contribution in [3.8, 4) is 0 Å². The minimum Gasteiger partial charge on any atom is -0.466 e. The van der Waals surface area contributed by atoms with Gasteiger partial charge >= 0.3 is 12.1 Å². The maximum atomic E-state index is 13.0. The molecule has 134 valence electrons. The Morgan fingerprint density at radius 2 is 1.96 bits per heavy atom. The standard InChI is InChI=1S/C16H15F3N2O4/c1-8-12(15(22)25-3)13(14(21(23)24)9(2)20-8)10-5-4-6-11(7-10)16(17,18)19/h4-7,13-14H,1-3H3. The number of benzene rings is 1. The summed E-state index contributed by atoms with van der Waals surface area (Å²) < 4.78 is 43.7. The van der Waals surface area contributed by atoms with Crippen molar-refractivity contribution in [3.63, 3.8) is 0 Å². The van der Waals surface area contributed by atoms with Crippen molar-refractivity contribution >= 4 is 11.7 Å². The monoisotopic (exact) mass is 356 g/mol. The first kappa shape index (κ1) is 18.6. The van der Waals surface area contributed by atoms with Crippen LogP contribution in [0.15, 0.2) is 40.5 Å². The molecule has 0 aromatic heterocycles. The molecule has 1 heterocycles. The number of aliphatic imine (C=N–C) groups is 1. The lowest BCUT2D eigenvalue weighted by molar-refractivity contribution is -0.505. The third-order valence-electron chi connectivity index (χ3n) is 3.99. The Hall–Kier alpha value is -2.71. The van der Waals surface area contributed by atoms with Crippen LogP contribution in [0.4, 0.5) is 13.2 Å². The normalized spacial score (nSPS) is 21.0. The van der Waals surface area contributed by atoms with Crippen LogP contribution in [0.25, 0.3) is 0 Å². The minimum absolute atomic E-state index is 0.00512. The number of nitro groups is 1.